The van der Waals surface area contributed by atoms with Crippen LogP contribution in [0.15, 0.2) is 48.5 Å². The molecule has 25 heavy (non-hydrogen) atoms. The maximum absolute atomic E-state index is 12.5. The van der Waals surface area contributed by atoms with Gasteiger partial charge in [-0.05, 0) is 17.7 Å². The van der Waals surface area contributed by atoms with Crippen molar-refractivity contribution in [2.75, 3.05) is 25.3 Å². The molecule has 1 fully saturated rings. The Hall–Kier alpha value is -3.22. The van der Waals surface area contributed by atoms with E-state index in [-0.39, 0.29) is 31.9 Å². The third-order valence-electron chi connectivity index (χ3n) is 4.16. The molecule has 0 bridgehead atoms. The number of rotatable bonds is 3. The van der Waals surface area contributed by atoms with Crippen molar-refractivity contribution in [1.82, 2.24) is 9.80 Å². The summed E-state index contributed by atoms with van der Waals surface area (Å²) in [6.45, 7) is 0.938. The van der Waals surface area contributed by atoms with E-state index >= 15 is 0 Å². The summed E-state index contributed by atoms with van der Waals surface area (Å²) < 4.78 is 10.7. The number of benzene rings is 2. The molecule has 7 heteroatoms. The van der Waals surface area contributed by atoms with E-state index in [9.17, 15) is 9.59 Å². The highest BCUT2D eigenvalue weighted by molar-refractivity contribution is 5.95. The average Bonchev–Trinajstić information content (AvgIpc) is 3.24. The van der Waals surface area contributed by atoms with E-state index in [0.29, 0.717) is 23.7 Å². The lowest BCUT2D eigenvalue weighted by atomic mass is 10.2. The van der Waals surface area contributed by atoms with Crippen LogP contribution in [0, 0.1) is 0 Å². The SMILES string of the molecule is O=C1CN(C(=O)Nc2cccc3c2OCO3)CN1Cc1ccccc1. The third kappa shape index (κ3) is 3.08. The van der Waals surface area contributed by atoms with Crippen molar-refractivity contribution >= 4 is 17.6 Å². The topological polar surface area (TPSA) is 71.1 Å². The highest BCUT2D eigenvalue weighted by Gasteiger charge is 2.31. The zero-order chi connectivity index (χ0) is 17.2. The van der Waals surface area contributed by atoms with Gasteiger partial charge in [-0.3, -0.25) is 9.69 Å². The summed E-state index contributed by atoms with van der Waals surface area (Å²) in [6.07, 6.45) is 0. The monoisotopic (exact) mass is 339 g/mol. The number of carbonyl (C=O) groups is 2. The van der Waals surface area contributed by atoms with Crippen LogP contribution < -0.4 is 14.8 Å². The molecule has 2 aliphatic heterocycles. The minimum atomic E-state index is -0.340. The lowest BCUT2D eigenvalue weighted by Crippen LogP contribution is -2.34. The molecule has 0 radical (unpaired) electrons. The van der Waals surface area contributed by atoms with Gasteiger partial charge in [-0.1, -0.05) is 36.4 Å². The summed E-state index contributed by atoms with van der Waals surface area (Å²) in [7, 11) is 0. The van der Waals surface area contributed by atoms with Crippen molar-refractivity contribution in [3.05, 3.63) is 54.1 Å². The first-order chi connectivity index (χ1) is 12.2. The van der Waals surface area contributed by atoms with Gasteiger partial charge in [0.1, 0.15) is 6.54 Å². The van der Waals surface area contributed by atoms with Gasteiger partial charge >= 0.3 is 6.03 Å². The number of hydrogen-bond acceptors (Lipinski definition) is 4. The Balaban J connectivity index is 1.42. The van der Waals surface area contributed by atoms with Crippen LogP contribution in [-0.4, -0.2) is 41.7 Å². The van der Waals surface area contributed by atoms with E-state index in [1.807, 2.05) is 30.3 Å². The van der Waals surface area contributed by atoms with Gasteiger partial charge < -0.3 is 19.7 Å². The molecule has 7 nitrogen and oxygen atoms in total. The maximum Gasteiger partial charge on any atom is 0.323 e. The van der Waals surface area contributed by atoms with E-state index in [1.165, 1.54) is 4.90 Å². The molecule has 1 N–H and O–H groups in total. The molecule has 0 atom stereocenters. The molecule has 1 saturated heterocycles. The molecule has 0 saturated carbocycles. The summed E-state index contributed by atoms with van der Waals surface area (Å²) in [5.41, 5.74) is 1.57. The Morgan fingerprint density at radius 3 is 2.76 bits per heavy atom. The number of ether oxygens (including phenoxy) is 2. The Labute approximate surface area is 144 Å². The largest absolute Gasteiger partial charge is 0.454 e. The fourth-order valence-electron chi connectivity index (χ4n) is 2.90. The number of nitrogens with one attached hydrogen (secondary N) is 1. The Kier molecular flexibility index (Phi) is 3.89. The first kappa shape index (κ1) is 15.3. The summed E-state index contributed by atoms with van der Waals surface area (Å²) in [5, 5.41) is 2.79. The van der Waals surface area contributed by atoms with Crippen LogP contribution >= 0.6 is 0 Å². The summed E-state index contributed by atoms with van der Waals surface area (Å²) in [6, 6.07) is 14.7. The summed E-state index contributed by atoms with van der Waals surface area (Å²) in [4.78, 5) is 27.8. The van der Waals surface area contributed by atoms with Gasteiger partial charge in [0.25, 0.3) is 0 Å². The number of fused-ring (bicyclic) bond motifs is 1. The number of anilines is 1. The van der Waals surface area contributed by atoms with Crippen LogP contribution in [0.3, 0.4) is 0 Å². The van der Waals surface area contributed by atoms with Crippen molar-refractivity contribution < 1.29 is 19.1 Å². The molecule has 128 valence electrons. The smallest absolute Gasteiger partial charge is 0.323 e. The third-order valence-corrected chi connectivity index (χ3v) is 4.16. The zero-order valence-electron chi connectivity index (χ0n) is 13.5. The maximum atomic E-state index is 12.5. The van der Waals surface area contributed by atoms with Gasteiger partial charge in [0.15, 0.2) is 11.5 Å². The average molecular weight is 339 g/mol. The molecular formula is C18H17N3O4. The second-order valence-corrected chi connectivity index (χ2v) is 5.89. The minimum absolute atomic E-state index is 0.0606. The molecule has 0 spiro atoms. The number of para-hydroxylation sites is 1. The molecule has 0 unspecified atom stereocenters. The molecule has 4 rings (SSSR count). The number of nitrogens with zero attached hydrogens (tertiary/aromatic N) is 2. The molecule has 2 aliphatic rings. The molecule has 2 aromatic carbocycles. The highest BCUT2D eigenvalue weighted by Crippen LogP contribution is 2.38. The van der Waals surface area contributed by atoms with Crippen LogP contribution in [-0.2, 0) is 11.3 Å². The van der Waals surface area contributed by atoms with Crippen molar-refractivity contribution in [2.45, 2.75) is 6.54 Å². The van der Waals surface area contributed by atoms with Gasteiger partial charge in [0, 0.05) is 6.54 Å². The van der Waals surface area contributed by atoms with Gasteiger partial charge in [-0.2, -0.15) is 0 Å². The van der Waals surface area contributed by atoms with Crippen molar-refractivity contribution in [3.8, 4) is 11.5 Å². The zero-order valence-corrected chi connectivity index (χ0v) is 13.5. The first-order valence-corrected chi connectivity index (χ1v) is 7.97. The molecule has 3 amide bonds. The number of carbonyl (C=O) groups excluding carboxylic acids is 2. The second-order valence-electron chi connectivity index (χ2n) is 5.89. The van der Waals surface area contributed by atoms with E-state index in [1.54, 1.807) is 23.1 Å². The predicted octanol–water partition coefficient (Wildman–Crippen LogP) is 2.25. The molecule has 0 aromatic heterocycles. The standard InChI is InChI=1S/C18H17N3O4/c22-16-10-21(11-20(16)9-13-5-2-1-3-6-13)18(23)19-14-7-4-8-15-17(14)25-12-24-15/h1-8H,9-12H2,(H,19,23). The summed E-state index contributed by atoms with van der Waals surface area (Å²) in [5.74, 6) is 1.04. The van der Waals surface area contributed by atoms with Gasteiger partial charge in [-0.25, -0.2) is 4.79 Å². The first-order valence-electron chi connectivity index (χ1n) is 7.97. The van der Waals surface area contributed by atoms with Gasteiger partial charge in [0.05, 0.1) is 12.4 Å². The van der Waals surface area contributed by atoms with E-state index in [4.69, 9.17) is 9.47 Å². The second kappa shape index (κ2) is 6.35. The van der Waals surface area contributed by atoms with Gasteiger partial charge in [-0.15, -0.1) is 0 Å². The number of amides is 3. The molecule has 0 aliphatic carbocycles. The van der Waals surface area contributed by atoms with Crippen LogP contribution in [0.2, 0.25) is 0 Å². The van der Waals surface area contributed by atoms with E-state index in [0.717, 1.165) is 5.56 Å². The fraction of sp³-hybridized carbons (Fsp3) is 0.222. The van der Waals surface area contributed by atoms with Crippen LogP contribution in [0.1, 0.15) is 5.56 Å². The van der Waals surface area contributed by atoms with Crippen molar-refractivity contribution in [2.24, 2.45) is 0 Å². The Bertz CT molecular complexity index is 809. The molecular weight excluding hydrogens is 322 g/mol. The van der Waals surface area contributed by atoms with Crippen molar-refractivity contribution in [3.63, 3.8) is 0 Å². The summed E-state index contributed by atoms with van der Waals surface area (Å²) >= 11 is 0. The van der Waals surface area contributed by atoms with Crippen LogP contribution in [0.25, 0.3) is 0 Å². The minimum Gasteiger partial charge on any atom is -0.454 e. The number of urea groups is 1. The highest BCUT2D eigenvalue weighted by atomic mass is 16.7. The lowest BCUT2D eigenvalue weighted by Gasteiger charge is -2.19. The normalized spacial score (nSPS) is 15.6. The van der Waals surface area contributed by atoms with E-state index < -0.39 is 0 Å². The van der Waals surface area contributed by atoms with Crippen molar-refractivity contribution in [1.29, 1.82) is 0 Å². The Morgan fingerprint density at radius 2 is 1.92 bits per heavy atom. The quantitative estimate of drug-likeness (QED) is 0.931. The predicted molar refractivity (Wildman–Crippen MR) is 90.1 cm³/mol. The fourth-order valence-corrected chi connectivity index (χ4v) is 2.90. The van der Waals surface area contributed by atoms with Gasteiger partial charge in [0.2, 0.25) is 12.7 Å². The Morgan fingerprint density at radius 1 is 1.08 bits per heavy atom. The van der Waals surface area contributed by atoms with Crippen LogP contribution in [0.5, 0.6) is 11.5 Å². The number of hydrogen-bond donors (Lipinski definition) is 1. The molecule has 2 heterocycles. The van der Waals surface area contributed by atoms with E-state index in [2.05, 4.69) is 5.32 Å². The molecule has 2 aromatic rings. The van der Waals surface area contributed by atoms with Crippen LogP contribution in [0.4, 0.5) is 10.5 Å². The lowest BCUT2D eigenvalue weighted by molar-refractivity contribution is -0.127.